The molecule has 0 bridgehead atoms. The van der Waals surface area contributed by atoms with Gasteiger partial charge in [0.1, 0.15) is 0 Å². The number of rotatable bonds is 2. The van der Waals surface area contributed by atoms with Gasteiger partial charge < -0.3 is 10.1 Å². The van der Waals surface area contributed by atoms with Crippen LogP contribution in [0.15, 0.2) is 24.3 Å². The summed E-state index contributed by atoms with van der Waals surface area (Å²) in [5, 5.41) is 3.87. The second-order valence-corrected chi connectivity index (χ2v) is 6.67. The lowest BCUT2D eigenvalue weighted by atomic mass is 9.86. The molecule has 2 unspecified atom stereocenters. The lowest BCUT2D eigenvalue weighted by Gasteiger charge is -2.38. The molecule has 1 heterocycles. The Kier molecular flexibility index (Phi) is 3.64. The van der Waals surface area contributed by atoms with E-state index in [1.807, 2.05) is 0 Å². The van der Waals surface area contributed by atoms with Crippen LogP contribution in [0.2, 0.25) is 0 Å². The first kappa shape index (κ1) is 13.1. The van der Waals surface area contributed by atoms with Crippen molar-refractivity contribution < 1.29 is 4.74 Å². The van der Waals surface area contributed by atoms with E-state index in [1.54, 1.807) is 5.56 Å². The van der Waals surface area contributed by atoms with Crippen molar-refractivity contribution in [2.75, 3.05) is 6.61 Å². The van der Waals surface area contributed by atoms with Gasteiger partial charge in [-0.3, -0.25) is 0 Å². The maximum Gasteiger partial charge on any atom is 0.0641 e. The Labute approximate surface area is 116 Å². The van der Waals surface area contributed by atoms with E-state index in [0.717, 1.165) is 19.4 Å². The number of fused-ring (bicyclic) bond motifs is 1. The second-order valence-electron chi connectivity index (χ2n) is 6.67. The first-order valence-electron chi connectivity index (χ1n) is 7.59. The van der Waals surface area contributed by atoms with Crippen LogP contribution in [0.1, 0.15) is 44.2 Å². The van der Waals surface area contributed by atoms with Gasteiger partial charge in [0, 0.05) is 18.7 Å². The summed E-state index contributed by atoms with van der Waals surface area (Å²) in [6.07, 6.45) is 5.97. The van der Waals surface area contributed by atoms with E-state index in [4.69, 9.17) is 4.74 Å². The Morgan fingerprint density at radius 1 is 1.11 bits per heavy atom. The van der Waals surface area contributed by atoms with E-state index in [0.29, 0.717) is 12.1 Å². The van der Waals surface area contributed by atoms with Crippen molar-refractivity contribution in [2.24, 2.45) is 0 Å². The van der Waals surface area contributed by atoms with Crippen molar-refractivity contribution >= 4 is 0 Å². The summed E-state index contributed by atoms with van der Waals surface area (Å²) in [7, 11) is 0. The fourth-order valence-corrected chi connectivity index (χ4v) is 3.55. The van der Waals surface area contributed by atoms with Crippen molar-refractivity contribution in [3.05, 3.63) is 35.4 Å². The smallest absolute Gasteiger partial charge is 0.0641 e. The van der Waals surface area contributed by atoms with Crippen molar-refractivity contribution in [1.29, 1.82) is 0 Å². The molecule has 1 N–H and O–H groups in total. The monoisotopic (exact) mass is 259 g/mol. The van der Waals surface area contributed by atoms with Crippen LogP contribution >= 0.6 is 0 Å². The number of hydrogen-bond donors (Lipinski definition) is 1. The quantitative estimate of drug-likeness (QED) is 0.881. The van der Waals surface area contributed by atoms with E-state index in [-0.39, 0.29) is 5.60 Å². The zero-order valence-corrected chi connectivity index (χ0v) is 12.1. The van der Waals surface area contributed by atoms with Crippen molar-refractivity contribution in [2.45, 2.75) is 63.6 Å². The van der Waals surface area contributed by atoms with Gasteiger partial charge in [0.25, 0.3) is 0 Å². The molecule has 1 saturated heterocycles. The van der Waals surface area contributed by atoms with E-state index in [9.17, 15) is 0 Å². The highest BCUT2D eigenvalue weighted by atomic mass is 16.5. The van der Waals surface area contributed by atoms with Crippen LogP contribution < -0.4 is 5.32 Å². The predicted octanol–water partition coefficient (Wildman–Crippen LogP) is 3.09. The summed E-state index contributed by atoms with van der Waals surface area (Å²) in [5.74, 6) is 0. The molecule has 1 aliphatic carbocycles. The van der Waals surface area contributed by atoms with Gasteiger partial charge in [0.2, 0.25) is 0 Å². The van der Waals surface area contributed by atoms with E-state index in [1.165, 1.54) is 24.8 Å². The van der Waals surface area contributed by atoms with Gasteiger partial charge in [-0.2, -0.15) is 0 Å². The van der Waals surface area contributed by atoms with E-state index < -0.39 is 0 Å². The average Bonchev–Trinajstić information content (AvgIpc) is 2.37. The van der Waals surface area contributed by atoms with Gasteiger partial charge in [-0.25, -0.2) is 0 Å². The molecule has 19 heavy (non-hydrogen) atoms. The second kappa shape index (κ2) is 5.26. The summed E-state index contributed by atoms with van der Waals surface area (Å²) in [4.78, 5) is 0. The van der Waals surface area contributed by atoms with Crippen LogP contribution in [-0.2, 0) is 17.6 Å². The summed E-state index contributed by atoms with van der Waals surface area (Å²) in [6.45, 7) is 5.31. The van der Waals surface area contributed by atoms with E-state index in [2.05, 4.69) is 43.4 Å². The summed E-state index contributed by atoms with van der Waals surface area (Å²) in [6, 6.07) is 10.2. The molecule has 3 rings (SSSR count). The summed E-state index contributed by atoms with van der Waals surface area (Å²) in [5.41, 5.74) is 3.13. The fourth-order valence-electron chi connectivity index (χ4n) is 3.55. The number of hydrogen-bond acceptors (Lipinski definition) is 2. The molecule has 2 nitrogen and oxygen atoms in total. The highest BCUT2D eigenvalue weighted by molar-refractivity contribution is 5.30. The van der Waals surface area contributed by atoms with Crippen LogP contribution in [0.25, 0.3) is 0 Å². The van der Waals surface area contributed by atoms with Gasteiger partial charge in [-0.1, -0.05) is 24.3 Å². The zero-order valence-electron chi connectivity index (χ0n) is 12.1. The molecular weight excluding hydrogens is 234 g/mol. The topological polar surface area (TPSA) is 21.3 Å². The van der Waals surface area contributed by atoms with Crippen molar-refractivity contribution in [3.8, 4) is 0 Å². The molecule has 0 spiro atoms. The van der Waals surface area contributed by atoms with Crippen molar-refractivity contribution in [3.63, 3.8) is 0 Å². The lowest BCUT2D eigenvalue weighted by molar-refractivity contribution is -0.0643. The minimum atomic E-state index is 0.0441. The largest absolute Gasteiger partial charge is 0.375 e. The minimum absolute atomic E-state index is 0.0441. The standard InChI is InChI=1S/C17H25NO/c1-17(2)12-16(9-10-19-17)18-15-8-7-13-5-3-4-6-14(13)11-15/h3-6,15-16,18H,7-12H2,1-2H3. The number of aryl methyl sites for hydroxylation is 1. The molecule has 2 heteroatoms. The van der Waals surface area contributed by atoms with Gasteiger partial charge in [-0.15, -0.1) is 0 Å². The normalized spacial score (nSPS) is 29.8. The van der Waals surface area contributed by atoms with Crippen molar-refractivity contribution in [1.82, 2.24) is 5.32 Å². The van der Waals surface area contributed by atoms with Crippen LogP contribution in [0.4, 0.5) is 0 Å². The average molecular weight is 259 g/mol. The van der Waals surface area contributed by atoms with Gasteiger partial charge >= 0.3 is 0 Å². The minimum Gasteiger partial charge on any atom is -0.375 e. The van der Waals surface area contributed by atoms with Crippen LogP contribution in [0, 0.1) is 0 Å². The highest BCUT2D eigenvalue weighted by Crippen LogP contribution is 2.26. The molecule has 0 amide bonds. The lowest BCUT2D eigenvalue weighted by Crippen LogP contribution is -2.48. The predicted molar refractivity (Wildman–Crippen MR) is 78.4 cm³/mol. The van der Waals surface area contributed by atoms with Crippen LogP contribution in [-0.4, -0.2) is 24.3 Å². The Bertz CT molecular complexity index is 441. The molecule has 0 radical (unpaired) electrons. The first-order chi connectivity index (χ1) is 9.12. The van der Waals surface area contributed by atoms with Crippen LogP contribution in [0.3, 0.4) is 0 Å². The van der Waals surface area contributed by atoms with Gasteiger partial charge in [0.05, 0.1) is 5.60 Å². The third kappa shape index (κ3) is 3.18. The molecule has 104 valence electrons. The Hall–Kier alpha value is -0.860. The molecule has 2 atom stereocenters. The van der Waals surface area contributed by atoms with Gasteiger partial charge in [-0.05, 0) is 57.1 Å². The van der Waals surface area contributed by atoms with E-state index >= 15 is 0 Å². The maximum atomic E-state index is 5.80. The molecular formula is C17H25NO. The zero-order chi connectivity index (χ0) is 13.3. The maximum absolute atomic E-state index is 5.80. The molecule has 0 aromatic heterocycles. The third-order valence-corrected chi connectivity index (χ3v) is 4.52. The first-order valence-corrected chi connectivity index (χ1v) is 7.59. The number of nitrogens with one attached hydrogen (secondary N) is 1. The molecule has 1 aromatic rings. The highest BCUT2D eigenvalue weighted by Gasteiger charge is 2.30. The Balaban J connectivity index is 1.60. The molecule has 2 aliphatic rings. The number of ether oxygens (including phenoxy) is 1. The summed E-state index contributed by atoms with van der Waals surface area (Å²) < 4.78 is 5.80. The Morgan fingerprint density at radius 3 is 2.68 bits per heavy atom. The summed E-state index contributed by atoms with van der Waals surface area (Å²) >= 11 is 0. The molecule has 1 fully saturated rings. The van der Waals surface area contributed by atoms with Gasteiger partial charge in [0.15, 0.2) is 0 Å². The Morgan fingerprint density at radius 2 is 1.89 bits per heavy atom. The third-order valence-electron chi connectivity index (χ3n) is 4.52. The number of benzene rings is 1. The van der Waals surface area contributed by atoms with Crippen LogP contribution in [0.5, 0.6) is 0 Å². The molecule has 1 aromatic carbocycles. The molecule has 1 aliphatic heterocycles. The SMILES string of the molecule is CC1(C)CC(NC2CCc3ccccc3C2)CCO1. The fraction of sp³-hybridized carbons (Fsp3) is 0.647. The molecule has 0 saturated carbocycles.